The van der Waals surface area contributed by atoms with Crippen LogP contribution in [0.25, 0.3) is 20.9 Å². The van der Waals surface area contributed by atoms with Crippen LogP contribution < -0.4 is 5.63 Å². The first-order valence-electron chi connectivity index (χ1n) is 8.82. The zero-order valence-corrected chi connectivity index (χ0v) is 16.8. The lowest BCUT2D eigenvalue weighted by atomic mass is 10.1. The molecule has 4 rings (SSSR count). The number of hydrogen-bond acceptors (Lipinski definition) is 7. The molecule has 0 aliphatic rings. The number of carbonyl (C=O) groups excluding carboxylic acids is 1. The van der Waals surface area contributed by atoms with E-state index in [9.17, 15) is 9.59 Å². The molecule has 28 heavy (non-hydrogen) atoms. The standard InChI is InChI=1S/C21H17NO4S2/c1-2-13-5-6-16-14(9-20(24)26-17(16)8-13)11-25-19(23)10-15-12-28-21(22-15)18-4-3-7-27-18/h3-9,12H,2,10-11H2,1H3. The zero-order valence-electron chi connectivity index (χ0n) is 15.1. The summed E-state index contributed by atoms with van der Waals surface area (Å²) in [5.41, 5.74) is 2.46. The zero-order chi connectivity index (χ0) is 19.5. The second-order valence-corrected chi connectivity index (χ2v) is 8.04. The largest absolute Gasteiger partial charge is 0.460 e. The fourth-order valence-electron chi connectivity index (χ4n) is 2.87. The number of thiophene rings is 1. The average Bonchev–Trinajstić information content (AvgIpc) is 3.37. The lowest BCUT2D eigenvalue weighted by Gasteiger charge is -2.07. The van der Waals surface area contributed by atoms with Gasteiger partial charge in [-0.05, 0) is 29.5 Å². The summed E-state index contributed by atoms with van der Waals surface area (Å²) >= 11 is 3.12. The molecule has 0 amide bonds. The normalized spacial score (nSPS) is 11.0. The Labute approximate surface area is 169 Å². The molecule has 0 atom stereocenters. The number of fused-ring (bicyclic) bond motifs is 1. The van der Waals surface area contributed by atoms with Gasteiger partial charge < -0.3 is 9.15 Å². The van der Waals surface area contributed by atoms with E-state index in [2.05, 4.69) is 4.98 Å². The van der Waals surface area contributed by atoms with E-state index >= 15 is 0 Å². The van der Waals surface area contributed by atoms with Gasteiger partial charge in [0.1, 0.15) is 17.2 Å². The molecule has 3 aromatic heterocycles. The van der Waals surface area contributed by atoms with Crippen LogP contribution in [0.4, 0.5) is 0 Å². The number of esters is 1. The van der Waals surface area contributed by atoms with Crippen molar-refractivity contribution in [1.29, 1.82) is 0 Å². The van der Waals surface area contributed by atoms with Crippen LogP contribution in [0.3, 0.4) is 0 Å². The Balaban J connectivity index is 1.46. The predicted molar refractivity (Wildman–Crippen MR) is 111 cm³/mol. The number of nitrogens with zero attached hydrogens (tertiary/aromatic N) is 1. The Morgan fingerprint density at radius 1 is 1.21 bits per heavy atom. The van der Waals surface area contributed by atoms with E-state index < -0.39 is 5.63 Å². The van der Waals surface area contributed by atoms with Crippen molar-refractivity contribution in [3.8, 4) is 9.88 Å². The van der Waals surface area contributed by atoms with Crippen LogP contribution in [0.2, 0.25) is 0 Å². The number of ether oxygens (including phenoxy) is 1. The van der Waals surface area contributed by atoms with Crippen molar-refractivity contribution in [2.24, 2.45) is 0 Å². The Hall–Kier alpha value is -2.77. The van der Waals surface area contributed by atoms with E-state index in [0.717, 1.165) is 27.3 Å². The van der Waals surface area contributed by atoms with E-state index in [1.165, 1.54) is 17.4 Å². The molecule has 3 heterocycles. The van der Waals surface area contributed by atoms with Gasteiger partial charge >= 0.3 is 11.6 Å². The lowest BCUT2D eigenvalue weighted by Crippen LogP contribution is -2.10. The average molecular weight is 412 g/mol. The molecule has 7 heteroatoms. The molecule has 0 unspecified atom stereocenters. The molecule has 142 valence electrons. The van der Waals surface area contributed by atoms with Gasteiger partial charge in [-0.3, -0.25) is 4.79 Å². The van der Waals surface area contributed by atoms with Crippen molar-refractivity contribution in [2.45, 2.75) is 26.4 Å². The first-order valence-corrected chi connectivity index (χ1v) is 10.6. The summed E-state index contributed by atoms with van der Waals surface area (Å²) < 4.78 is 10.7. The van der Waals surface area contributed by atoms with Crippen LogP contribution in [-0.2, 0) is 29.0 Å². The summed E-state index contributed by atoms with van der Waals surface area (Å²) in [6, 6.07) is 11.1. The maximum absolute atomic E-state index is 12.2. The van der Waals surface area contributed by atoms with Crippen LogP contribution in [0, 0.1) is 0 Å². The Bertz CT molecular complexity index is 1170. The van der Waals surface area contributed by atoms with E-state index in [1.54, 1.807) is 11.3 Å². The van der Waals surface area contributed by atoms with Crippen molar-refractivity contribution < 1.29 is 13.9 Å². The molecule has 0 radical (unpaired) electrons. The van der Waals surface area contributed by atoms with Gasteiger partial charge in [0, 0.05) is 22.4 Å². The monoisotopic (exact) mass is 411 g/mol. The van der Waals surface area contributed by atoms with Gasteiger partial charge in [0.05, 0.1) is 17.0 Å². The van der Waals surface area contributed by atoms with Gasteiger partial charge in [-0.1, -0.05) is 25.1 Å². The molecular weight excluding hydrogens is 394 g/mol. The number of hydrogen-bond donors (Lipinski definition) is 0. The maximum Gasteiger partial charge on any atom is 0.336 e. The topological polar surface area (TPSA) is 69.4 Å². The van der Waals surface area contributed by atoms with Gasteiger partial charge in [0.25, 0.3) is 0 Å². The predicted octanol–water partition coefficient (Wildman–Crippen LogP) is 4.83. The Morgan fingerprint density at radius 2 is 2.11 bits per heavy atom. The Morgan fingerprint density at radius 3 is 2.89 bits per heavy atom. The molecule has 0 saturated carbocycles. The summed E-state index contributed by atoms with van der Waals surface area (Å²) in [4.78, 5) is 29.7. The molecule has 0 bridgehead atoms. The van der Waals surface area contributed by atoms with E-state index in [-0.39, 0.29) is 19.0 Å². The fraction of sp³-hybridized carbons (Fsp3) is 0.190. The van der Waals surface area contributed by atoms with E-state index in [4.69, 9.17) is 9.15 Å². The van der Waals surface area contributed by atoms with Crippen molar-refractivity contribution in [2.75, 3.05) is 0 Å². The van der Waals surface area contributed by atoms with Gasteiger partial charge in [0.15, 0.2) is 0 Å². The summed E-state index contributed by atoms with van der Waals surface area (Å²) in [6.45, 7) is 2.06. The molecule has 1 aromatic carbocycles. The van der Waals surface area contributed by atoms with Crippen molar-refractivity contribution in [3.05, 3.63) is 74.4 Å². The molecule has 4 aromatic rings. The second kappa shape index (κ2) is 8.08. The molecule has 0 saturated heterocycles. The van der Waals surface area contributed by atoms with Crippen LogP contribution in [-0.4, -0.2) is 11.0 Å². The molecule has 0 N–H and O–H groups in total. The third-order valence-electron chi connectivity index (χ3n) is 4.30. The van der Waals surface area contributed by atoms with Crippen LogP contribution >= 0.6 is 22.7 Å². The van der Waals surface area contributed by atoms with Crippen molar-refractivity contribution in [3.63, 3.8) is 0 Å². The molecule has 0 aliphatic heterocycles. The minimum absolute atomic E-state index is 0.0221. The minimum Gasteiger partial charge on any atom is -0.460 e. The van der Waals surface area contributed by atoms with E-state index in [1.807, 2.05) is 48.0 Å². The molecular formula is C21H17NO4S2. The number of aryl methyl sites for hydroxylation is 1. The molecule has 0 aliphatic carbocycles. The van der Waals surface area contributed by atoms with Gasteiger partial charge in [0.2, 0.25) is 0 Å². The van der Waals surface area contributed by atoms with Gasteiger partial charge in [-0.15, -0.1) is 22.7 Å². The summed E-state index contributed by atoms with van der Waals surface area (Å²) in [6.07, 6.45) is 0.946. The third-order valence-corrected chi connectivity index (χ3v) is 6.23. The fourth-order valence-corrected chi connectivity index (χ4v) is 4.51. The molecule has 0 spiro atoms. The summed E-state index contributed by atoms with van der Waals surface area (Å²) in [5.74, 6) is -0.380. The lowest BCUT2D eigenvalue weighted by molar-refractivity contribution is -0.144. The van der Waals surface area contributed by atoms with Crippen LogP contribution in [0.5, 0.6) is 0 Å². The highest BCUT2D eigenvalue weighted by atomic mass is 32.1. The van der Waals surface area contributed by atoms with Crippen molar-refractivity contribution in [1.82, 2.24) is 4.98 Å². The second-order valence-electron chi connectivity index (χ2n) is 6.23. The number of benzene rings is 1. The molecule has 5 nitrogen and oxygen atoms in total. The highest BCUT2D eigenvalue weighted by Crippen LogP contribution is 2.28. The SMILES string of the molecule is CCc1ccc2c(COC(=O)Cc3csc(-c4cccs4)n3)cc(=O)oc2c1. The summed E-state index contributed by atoms with van der Waals surface area (Å²) in [5, 5.41) is 5.54. The smallest absolute Gasteiger partial charge is 0.336 e. The van der Waals surface area contributed by atoms with Gasteiger partial charge in [-0.25, -0.2) is 9.78 Å². The van der Waals surface area contributed by atoms with Crippen LogP contribution in [0.1, 0.15) is 23.7 Å². The van der Waals surface area contributed by atoms with Crippen molar-refractivity contribution >= 4 is 39.6 Å². The maximum atomic E-state index is 12.2. The Kier molecular flexibility index (Phi) is 5.36. The minimum atomic E-state index is -0.452. The number of carbonyl (C=O) groups is 1. The quantitative estimate of drug-likeness (QED) is 0.336. The first kappa shape index (κ1) is 18.6. The number of aromatic nitrogens is 1. The highest BCUT2D eigenvalue weighted by Gasteiger charge is 2.13. The number of rotatable bonds is 6. The van der Waals surface area contributed by atoms with E-state index in [0.29, 0.717) is 16.8 Å². The molecule has 0 fully saturated rings. The highest BCUT2D eigenvalue weighted by molar-refractivity contribution is 7.20. The van der Waals surface area contributed by atoms with Crippen LogP contribution in [0.15, 0.2) is 56.4 Å². The summed E-state index contributed by atoms with van der Waals surface area (Å²) in [7, 11) is 0. The van der Waals surface area contributed by atoms with Gasteiger partial charge in [-0.2, -0.15) is 0 Å². The number of thiazole rings is 1. The first-order chi connectivity index (χ1) is 13.6. The third kappa shape index (κ3) is 4.05.